The fourth-order valence-corrected chi connectivity index (χ4v) is 6.22. The molecule has 2 aromatic rings. The van der Waals surface area contributed by atoms with Crippen LogP contribution in [0, 0.1) is 29.3 Å². The molecule has 4 nitrogen and oxygen atoms in total. The van der Waals surface area contributed by atoms with Crippen LogP contribution in [0.25, 0.3) is 0 Å². The van der Waals surface area contributed by atoms with E-state index in [-0.39, 0.29) is 23.4 Å². The summed E-state index contributed by atoms with van der Waals surface area (Å²) in [6.45, 7) is 0. The average Bonchev–Trinajstić information content (AvgIpc) is 3.21. The predicted octanol–water partition coefficient (Wildman–Crippen LogP) is 6.44. The Balaban J connectivity index is 1.61. The summed E-state index contributed by atoms with van der Waals surface area (Å²) in [6, 6.07) is 8.37. The highest BCUT2D eigenvalue weighted by Crippen LogP contribution is 2.49. The lowest BCUT2D eigenvalue weighted by molar-refractivity contribution is -0.130. The molecule has 1 amide bonds. The molecular weight excluding hydrogens is 439 g/mol. The monoisotopic (exact) mass is 471 g/mol. The minimum absolute atomic E-state index is 0.0285. The maximum atomic E-state index is 15.4. The number of fused-ring (bicyclic) bond motifs is 1. The molecule has 3 N–H and O–H groups in total. The number of hydrogen-bond donors (Lipinski definition) is 3. The molecule has 3 aliphatic rings. The first-order valence-corrected chi connectivity index (χ1v) is 12.6. The summed E-state index contributed by atoms with van der Waals surface area (Å²) in [5.74, 6) is -3.31. The molecular formula is C27H32F3N3O. The highest BCUT2D eigenvalue weighted by atomic mass is 19.2. The Morgan fingerprint density at radius 3 is 2.29 bits per heavy atom. The number of carbonyl (C=O) groups excluding carboxylic acids is 1. The van der Waals surface area contributed by atoms with Crippen molar-refractivity contribution in [2.75, 3.05) is 10.6 Å². The maximum Gasteiger partial charge on any atom is 0.228 e. The highest BCUT2D eigenvalue weighted by molar-refractivity contribution is 5.86. The molecule has 0 aromatic heterocycles. The maximum absolute atomic E-state index is 15.4. The van der Waals surface area contributed by atoms with E-state index in [9.17, 15) is 13.6 Å². The van der Waals surface area contributed by atoms with E-state index in [2.05, 4.69) is 16.0 Å². The summed E-state index contributed by atoms with van der Waals surface area (Å²) in [4.78, 5) is 14.0. The van der Waals surface area contributed by atoms with Gasteiger partial charge in [-0.1, -0.05) is 50.7 Å². The van der Waals surface area contributed by atoms with Crippen molar-refractivity contribution < 1.29 is 18.0 Å². The molecule has 2 saturated carbocycles. The molecule has 182 valence electrons. The van der Waals surface area contributed by atoms with Gasteiger partial charge in [-0.25, -0.2) is 13.2 Å². The Morgan fingerprint density at radius 1 is 0.882 bits per heavy atom. The summed E-state index contributed by atoms with van der Waals surface area (Å²) in [5, 5.41) is 9.85. The molecule has 7 heteroatoms. The van der Waals surface area contributed by atoms with Crippen molar-refractivity contribution in [3.05, 3.63) is 59.4 Å². The van der Waals surface area contributed by atoms with Crippen LogP contribution in [0.5, 0.6) is 0 Å². The second-order valence-corrected chi connectivity index (χ2v) is 10.1. The number of benzene rings is 2. The second-order valence-electron chi connectivity index (χ2n) is 10.1. The van der Waals surface area contributed by atoms with Gasteiger partial charge in [0.05, 0.1) is 17.3 Å². The van der Waals surface area contributed by atoms with Gasteiger partial charge in [0.15, 0.2) is 11.6 Å². The average molecular weight is 472 g/mol. The van der Waals surface area contributed by atoms with Crippen LogP contribution in [0.1, 0.15) is 69.8 Å². The van der Waals surface area contributed by atoms with Crippen LogP contribution >= 0.6 is 0 Å². The standard InChI is InChI=1S/C27H32F3N3O/c28-18-14-15-22-23(16-18)33-27(32-22,20-12-7-13-21(29)25(20)30)24(17-8-3-1-4-9-17)26(34)31-19-10-5-2-6-11-19/h7,12-17,19,24,32-33H,1-6,8-11H2,(H,31,34). The molecule has 0 radical (unpaired) electrons. The number of nitrogens with one attached hydrogen (secondary N) is 3. The summed E-state index contributed by atoms with van der Waals surface area (Å²) < 4.78 is 44.0. The van der Waals surface area contributed by atoms with Gasteiger partial charge in [-0.15, -0.1) is 0 Å². The van der Waals surface area contributed by atoms with Crippen molar-refractivity contribution in [2.45, 2.75) is 75.9 Å². The number of hydrogen-bond acceptors (Lipinski definition) is 3. The summed E-state index contributed by atoms with van der Waals surface area (Å²) >= 11 is 0. The number of amides is 1. The topological polar surface area (TPSA) is 53.2 Å². The fraction of sp³-hybridized carbons (Fsp3) is 0.519. The van der Waals surface area contributed by atoms with Gasteiger partial charge in [0.25, 0.3) is 0 Å². The molecule has 0 bridgehead atoms. The van der Waals surface area contributed by atoms with Crippen LogP contribution in [0.3, 0.4) is 0 Å². The minimum atomic E-state index is -1.43. The molecule has 2 unspecified atom stereocenters. The number of rotatable bonds is 5. The van der Waals surface area contributed by atoms with Crippen LogP contribution in [0.4, 0.5) is 24.5 Å². The molecule has 2 aromatic carbocycles. The SMILES string of the molecule is O=C(NC1CCCCC1)C(C1CCCCC1)C1(c2cccc(F)c2F)Nc2ccc(F)cc2N1. The largest absolute Gasteiger partial charge is 0.357 e. The van der Waals surface area contributed by atoms with Crippen LogP contribution in [-0.4, -0.2) is 11.9 Å². The first-order valence-electron chi connectivity index (χ1n) is 12.6. The molecule has 5 rings (SSSR count). The Bertz CT molecular complexity index is 1050. The Morgan fingerprint density at radius 2 is 1.56 bits per heavy atom. The summed E-state index contributed by atoms with van der Waals surface area (Å²) in [5.41, 5.74) is -0.381. The Labute approximate surface area is 198 Å². The molecule has 1 aliphatic heterocycles. The third-order valence-electron chi connectivity index (χ3n) is 7.84. The zero-order valence-corrected chi connectivity index (χ0v) is 19.3. The van der Waals surface area contributed by atoms with Gasteiger partial charge in [-0.3, -0.25) is 4.79 Å². The van der Waals surface area contributed by atoms with Crippen molar-refractivity contribution in [3.8, 4) is 0 Å². The first-order chi connectivity index (χ1) is 16.5. The van der Waals surface area contributed by atoms with Gasteiger partial charge in [0.2, 0.25) is 5.91 Å². The van der Waals surface area contributed by atoms with Crippen LogP contribution in [0.2, 0.25) is 0 Å². The van der Waals surface area contributed by atoms with Crippen molar-refractivity contribution in [1.29, 1.82) is 0 Å². The Kier molecular flexibility index (Phi) is 6.45. The second kappa shape index (κ2) is 9.51. The lowest BCUT2D eigenvalue weighted by Gasteiger charge is -2.44. The molecule has 2 atom stereocenters. The predicted molar refractivity (Wildman–Crippen MR) is 127 cm³/mol. The van der Waals surface area contributed by atoms with Crippen molar-refractivity contribution in [1.82, 2.24) is 5.32 Å². The number of anilines is 2. The molecule has 1 heterocycles. The first kappa shape index (κ1) is 23.1. The van der Waals surface area contributed by atoms with E-state index in [1.54, 1.807) is 6.07 Å². The Hall–Kier alpha value is -2.70. The summed E-state index contributed by atoms with van der Waals surface area (Å²) in [7, 11) is 0. The lowest BCUT2D eigenvalue weighted by Crippen LogP contribution is -2.57. The van der Waals surface area contributed by atoms with Gasteiger partial charge >= 0.3 is 0 Å². The fourth-order valence-electron chi connectivity index (χ4n) is 6.22. The molecule has 2 fully saturated rings. The van der Waals surface area contributed by atoms with E-state index in [0.29, 0.717) is 11.4 Å². The van der Waals surface area contributed by atoms with E-state index >= 15 is 4.39 Å². The molecule has 2 aliphatic carbocycles. The van der Waals surface area contributed by atoms with Crippen molar-refractivity contribution >= 4 is 17.3 Å². The zero-order chi connectivity index (χ0) is 23.7. The van der Waals surface area contributed by atoms with Crippen molar-refractivity contribution in [2.24, 2.45) is 11.8 Å². The van der Waals surface area contributed by atoms with E-state index in [1.165, 1.54) is 30.7 Å². The van der Waals surface area contributed by atoms with Crippen LogP contribution in [-0.2, 0) is 10.5 Å². The van der Waals surface area contributed by atoms with E-state index in [4.69, 9.17) is 0 Å². The zero-order valence-electron chi connectivity index (χ0n) is 19.3. The van der Waals surface area contributed by atoms with E-state index < -0.39 is 29.0 Å². The van der Waals surface area contributed by atoms with E-state index in [1.807, 2.05) is 0 Å². The number of carbonyl (C=O) groups is 1. The van der Waals surface area contributed by atoms with Crippen molar-refractivity contribution in [3.63, 3.8) is 0 Å². The van der Waals surface area contributed by atoms with Gasteiger partial charge in [0.1, 0.15) is 11.5 Å². The van der Waals surface area contributed by atoms with Crippen LogP contribution in [0.15, 0.2) is 36.4 Å². The molecule has 0 spiro atoms. The quantitative estimate of drug-likeness (QED) is 0.470. The minimum Gasteiger partial charge on any atom is -0.357 e. The van der Waals surface area contributed by atoms with E-state index in [0.717, 1.165) is 63.9 Å². The number of halogens is 3. The third kappa shape index (κ3) is 4.25. The lowest BCUT2D eigenvalue weighted by atomic mass is 9.70. The highest BCUT2D eigenvalue weighted by Gasteiger charge is 2.53. The third-order valence-corrected chi connectivity index (χ3v) is 7.84. The molecule has 0 saturated heterocycles. The smallest absolute Gasteiger partial charge is 0.228 e. The normalized spacial score (nSPS) is 24.1. The van der Waals surface area contributed by atoms with Gasteiger partial charge in [0, 0.05) is 11.6 Å². The molecule has 34 heavy (non-hydrogen) atoms. The van der Waals surface area contributed by atoms with Gasteiger partial charge < -0.3 is 16.0 Å². The summed E-state index contributed by atoms with van der Waals surface area (Å²) in [6.07, 6.45) is 9.90. The van der Waals surface area contributed by atoms with Crippen LogP contribution < -0.4 is 16.0 Å². The van der Waals surface area contributed by atoms with Gasteiger partial charge in [-0.2, -0.15) is 0 Å². The van der Waals surface area contributed by atoms with Gasteiger partial charge in [-0.05, 0) is 55.9 Å².